The molecule has 0 bridgehead atoms. The van der Waals surface area contributed by atoms with Crippen LogP contribution in [0.4, 0.5) is 0 Å². The third-order valence-corrected chi connectivity index (χ3v) is 4.82. The molecule has 1 heterocycles. The summed E-state index contributed by atoms with van der Waals surface area (Å²) in [6.07, 6.45) is 0. The maximum Gasteiger partial charge on any atom is 0.339 e. The number of aromatic nitrogens is 1. The van der Waals surface area contributed by atoms with Gasteiger partial charge in [0.05, 0.1) is 12.2 Å². The standard InChI is InChI=1S/C19H24N2O3S/c1-4-24-19(23)17-12-14(2)21(15(17)3)13-18(22)20-10-11-25-16-8-6-5-7-9-16/h5-9,12H,4,10-11,13H2,1-3H3,(H,20,22). The molecule has 2 aromatic rings. The van der Waals surface area contributed by atoms with Crippen molar-refractivity contribution in [3.8, 4) is 0 Å². The summed E-state index contributed by atoms with van der Waals surface area (Å²) in [6.45, 7) is 6.63. The Bertz CT molecular complexity index is 726. The number of carbonyl (C=O) groups is 2. The van der Waals surface area contributed by atoms with Gasteiger partial charge in [0.2, 0.25) is 5.91 Å². The first kappa shape index (κ1) is 19.1. The Balaban J connectivity index is 1.85. The summed E-state index contributed by atoms with van der Waals surface area (Å²) in [6, 6.07) is 11.9. The molecule has 0 spiro atoms. The van der Waals surface area contributed by atoms with Crippen molar-refractivity contribution in [2.24, 2.45) is 0 Å². The first-order valence-electron chi connectivity index (χ1n) is 8.31. The van der Waals surface area contributed by atoms with Gasteiger partial charge in [-0.25, -0.2) is 4.79 Å². The molecule has 5 nitrogen and oxygen atoms in total. The van der Waals surface area contributed by atoms with Gasteiger partial charge in [-0.1, -0.05) is 18.2 Å². The van der Waals surface area contributed by atoms with Crippen LogP contribution in [0.3, 0.4) is 0 Å². The highest BCUT2D eigenvalue weighted by Gasteiger charge is 2.17. The number of carbonyl (C=O) groups excluding carboxylic acids is 2. The summed E-state index contributed by atoms with van der Waals surface area (Å²) in [5.41, 5.74) is 2.14. The van der Waals surface area contributed by atoms with Crippen molar-refractivity contribution in [1.29, 1.82) is 0 Å². The predicted octanol–water partition coefficient (Wildman–Crippen LogP) is 3.19. The van der Waals surface area contributed by atoms with Crippen molar-refractivity contribution >= 4 is 23.6 Å². The number of ether oxygens (including phenoxy) is 1. The van der Waals surface area contributed by atoms with Gasteiger partial charge in [0.15, 0.2) is 0 Å². The van der Waals surface area contributed by atoms with E-state index >= 15 is 0 Å². The first-order chi connectivity index (χ1) is 12.0. The van der Waals surface area contributed by atoms with Crippen molar-refractivity contribution in [2.45, 2.75) is 32.2 Å². The Hall–Kier alpha value is -2.21. The lowest BCUT2D eigenvalue weighted by Gasteiger charge is -2.10. The largest absolute Gasteiger partial charge is 0.462 e. The zero-order chi connectivity index (χ0) is 18.2. The Kier molecular flexibility index (Phi) is 7.13. The van der Waals surface area contributed by atoms with Crippen LogP contribution in [-0.4, -0.2) is 35.3 Å². The average Bonchev–Trinajstić information content (AvgIpc) is 2.88. The summed E-state index contributed by atoms with van der Waals surface area (Å²) < 4.78 is 6.89. The number of amides is 1. The van der Waals surface area contributed by atoms with Gasteiger partial charge < -0.3 is 14.6 Å². The maximum absolute atomic E-state index is 12.2. The highest BCUT2D eigenvalue weighted by Crippen LogP contribution is 2.17. The van der Waals surface area contributed by atoms with E-state index in [4.69, 9.17) is 4.74 Å². The van der Waals surface area contributed by atoms with Crippen LogP contribution in [0.25, 0.3) is 0 Å². The number of nitrogens with zero attached hydrogens (tertiary/aromatic N) is 1. The molecular weight excluding hydrogens is 336 g/mol. The van der Waals surface area contributed by atoms with E-state index in [9.17, 15) is 9.59 Å². The average molecular weight is 360 g/mol. The fourth-order valence-corrected chi connectivity index (χ4v) is 3.32. The molecule has 6 heteroatoms. The van der Waals surface area contributed by atoms with E-state index in [2.05, 4.69) is 17.4 Å². The zero-order valence-electron chi connectivity index (χ0n) is 14.9. The molecule has 2 rings (SSSR count). The molecule has 1 aromatic heterocycles. The van der Waals surface area contributed by atoms with E-state index in [1.54, 1.807) is 24.8 Å². The van der Waals surface area contributed by atoms with Crippen LogP contribution in [0.2, 0.25) is 0 Å². The molecule has 0 radical (unpaired) electrons. The van der Waals surface area contributed by atoms with Gasteiger partial charge in [0.25, 0.3) is 0 Å². The number of hydrogen-bond donors (Lipinski definition) is 1. The monoisotopic (exact) mass is 360 g/mol. The van der Waals surface area contributed by atoms with Crippen LogP contribution < -0.4 is 5.32 Å². The van der Waals surface area contributed by atoms with Gasteiger partial charge in [-0.2, -0.15) is 0 Å². The zero-order valence-corrected chi connectivity index (χ0v) is 15.7. The van der Waals surface area contributed by atoms with Crippen molar-refractivity contribution < 1.29 is 14.3 Å². The molecule has 1 N–H and O–H groups in total. The molecule has 0 atom stereocenters. The van der Waals surface area contributed by atoms with Crippen LogP contribution in [0, 0.1) is 13.8 Å². The van der Waals surface area contributed by atoms with Gasteiger partial charge in [-0.3, -0.25) is 4.79 Å². The fourth-order valence-electron chi connectivity index (χ4n) is 2.54. The second-order valence-electron chi connectivity index (χ2n) is 5.60. The lowest BCUT2D eigenvalue weighted by molar-refractivity contribution is -0.121. The van der Waals surface area contributed by atoms with Crippen LogP contribution in [0.1, 0.15) is 28.7 Å². The fraction of sp³-hybridized carbons (Fsp3) is 0.368. The van der Waals surface area contributed by atoms with E-state index in [1.165, 1.54) is 4.90 Å². The number of benzene rings is 1. The summed E-state index contributed by atoms with van der Waals surface area (Å²) in [5.74, 6) is 0.403. The lowest BCUT2D eigenvalue weighted by Crippen LogP contribution is -2.30. The number of nitrogens with one attached hydrogen (secondary N) is 1. The highest BCUT2D eigenvalue weighted by atomic mass is 32.2. The number of aryl methyl sites for hydroxylation is 1. The second-order valence-corrected chi connectivity index (χ2v) is 6.77. The Labute approximate surface area is 152 Å². The quantitative estimate of drug-likeness (QED) is 0.446. The Morgan fingerprint density at radius 3 is 2.60 bits per heavy atom. The third kappa shape index (κ3) is 5.39. The molecule has 0 fully saturated rings. The van der Waals surface area contributed by atoms with Gasteiger partial charge >= 0.3 is 5.97 Å². The highest BCUT2D eigenvalue weighted by molar-refractivity contribution is 7.99. The normalized spacial score (nSPS) is 10.5. The van der Waals surface area contributed by atoms with Crippen molar-refractivity contribution in [2.75, 3.05) is 18.9 Å². The molecule has 0 saturated heterocycles. The molecule has 0 aliphatic heterocycles. The number of thioether (sulfide) groups is 1. The van der Waals surface area contributed by atoms with E-state index in [1.807, 2.05) is 36.6 Å². The number of hydrogen-bond acceptors (Lipinski definition) is 4. The van der Waals surface area contributed by atoms with E-state index in [0.717, 1.165) is 17.1 Å². The maximum atomic E-state index is 12.2. The van der Waals surface area contributed by atoms with Crippen LogP contribution in [-0.2, 0) is 16.1 Å². The Morgan fingerprint density at radius 1 is 1.20 bits per heavy atom. The first-order valence-corrected chi connectivity index (χ1v) is 9.30. The van der Waals surface area contributed by atoms with E-state index < -0.39 is 0 Å². The van der Waals surface area contributed by atoms with Crippen LogP contribution in [0.15, 0.2) is 41.3 Å². The van der Waals surface area contributed by atoms with Crippen molar-refractivity contribution in [3.05, 3.63) is 53.3 Å². The minimum Gasteiger partial charge on any atom is -0.462 e. The molecule has 1 aromatic carbocycles. The predicted molar refractivity (Wildman–Crippen MR) is 100 cm³/mol. The summed E-state index contributed by atoms with van der Waals surface area (Å²) >= 11 is 1.71. The molecule has 0 aliphatic rings. The minimum absolute atomic E-state index is 0.0640. The second kappa shape index (κ2) is 9.32. The number of rotatable bonds is 8. The van der Waals surface area contributed by atoms with Gasteiger partial charge in [-0.15, -0.1) is 11.8 Å². The van der Waals surface area contributed by atoms with E-state index in [-0.39, 0.29) is 18.4 Å². The topological polar surface area (TPSA) is 60.3 Å². The number of esters is 1. The molecule has 0 saturated carbocycles. The molecule has 0 aliphatic carbocycles. The van der Waals surface area contributed by atoms with Gasteiger partial charge in [0.1, 0.15) is 6.54 Å². The van der Waals surface area contributed by atoms with Gasteiger partial charge in [-0.05, 0) is 39.0 Å². The van der Waals surface area contributed by atoms with Crippen LogP contribution in [0.5, 0.6) is 0 Å². The third-order valence-electron chi connectivity index (χ3n) is 3.81. The van der Waals surface area contributed by atoms with Crippen molar-refractivity contribution in [3.63, 3.8) is 0 Å². The summed E-state index contributed by atoms with van der Waals surface area (Å²) in [4.78, 5) is 25.3. The Morgan fingerprint density at radius 2 is 1.92 bits per heavy atom. The van der Waals surface area contributed by atoms with Gasteiger partial charge in [0, 0.05) is 28.6 Å². The SMILES string of the molecule is CCOC(=O)c1cc(C)n(CC(=O)NCCSc2ccccc2)c1C. The molecular formula is C19H24N2O3S. The lowest BCUT2D eigenvalue weighted by atomic mass is 10.2. The van der Waals surface area contributed by atoms with Crippen LogP contribution >= 0.6 is 11.8 Å². The molecule has 25 heavy (non-hydrogen) atoms. The van der Waals surface area contributed by atoms with Crippen molar-refractivity contribution in [1.82, 2.24) is 9.88 Å². The smallest absolute Gasteiger partial charge is 0.339 e. The minimum atomic E-state index is -0.346. The molecule has 1 amide bonds. The molecule has 134 valence electrons. The molecule has 0 unspecified atom stereocenters. The van der Waals surface area contributed by atoms with E-state index in [0.29, 0.717) is 18.7 Å². The summed E-state index contributed by atoms with van der Waals surface area (Å²) in [5, 5.41) is 2.92. The summed E-state index contributed by atoms with van der Waals surface area (Å²) in [7, 11) is 0.